The van der Waals surface area contributed by atoms with Crippen LogP contribution in [-0.4, -0.2) is 18.9 Å². The molecule has 1 aliphatic rings. The lowest BCUT2D eigenvalue weighted by atomic mass is 9.73. The molecule has 1 aliphatic carbocycles. The van der Waals surface area contributed by atoms with E-state index in [1.54, 1.807) is 0 Å². The summed E-state index contributed by atoms with van der Waals surface area (Å²) in [5, 5.41) is 3.28. The molecular formula is C14H27NO. The first-order chi connectivity index (χ1) is 7.70. The highest BCUT2D eigenvalue weighted by Crippen LogP contribution is 2.34. The van der Waals surface area contributed by atoms with Crippen molar-refractivity contribution in [2.45, 2.75) is 52.9 Å². The van der Waals surface area contributed by atoms with Gasteiger partial charge in [0.15, 0.2) is 0 Å². The minimum absolute atomic E-state index is 0.192. The standard InChI is InChI=1S/C14H27NO/c1-4-12-8-6-7-9-13(12)14(16)11(3)10-15-5-2/h11-13,15H,4-10H2,1-3H3. The molecule has 0 aromatic rings. The van der Waals surface area contributed by atoms with Crippen LogP contribution in [0.1, 0.15) is 52.9 Å². The summed E-state index contributed by atoms with van der Waals surface area (Å²) < 4.78 is 0. The first kappa shape index (κ1) is 13.7. The second kappa shape index (κ2) is 7.05. The van der Waals surface area contributed by atoms with Gasteiger partial charge in [0.25, 0.3) is 0 Å². The Balaban J connectivity index is 2.49. The third-order valence-corrected chi connectivity index (χ3v) is 3.99. The Labute approximate surface area is 100 Å². The molecule has 3 unspecified atom stereocenters. The van der Waals surface area contributed by atoms with Crippen LogP contribution in [0.15, 0.2) is 0 Å². The normalized spacial score (nSPS) is 27.7. The Bertz CT molecular complexity index is 215. The van der Waals surface area contributed by atoms with Crippen molar-refractivity contribution in [2.75, 3.05) is 13.1 Å². The summed E-state index contributed by atoms with van der Waals surface area (Å²) in [7, 11) is 0. The van der Waals surface area contributed by atoms with Crippen LogP contribution in [0.5, 0.6) is 0 Å². The van der Waals surface area contributed by atoms with Gasteiger partial charge in [-0.2, -0.15) is 0 Å². The van der Waals surface area contributed by atoms with Gasteiger partial charge in [0.2, 0.25) is 0 Å². The van der Waals surface area contributed by atoms with Gasteiger partial charge in [-0.3, -0.25) is 4.79 Å². The van der Waals surface area contributed by atoms with E-state index >= 15 is 0 Å². The lowest BCUT2D eigenvalue weighted by Gasteiger charge is -2.31. The van der Waals surface area contributed by atoms with Gasteiger partial charge in [0.05, 0.1) is 0 Å². The molecule has 0 bridgehead atoms. The third kappa shape index (κ3) is 3.58. The summed E-state index contributed by atoms with van der Waals surface area (Å²) in [6, 6.07) is 0. The topological polar surface area (TPSA) is 29.1 Å². The highest BCUT2D eigenvalue weighted by Gasteiger charge is 2.31. The number of ketones is 1. The Kier molecular flexibility index (Phi) is 6.04. The summed E-state index contributed by atoms with van der Waals surface area (Å²) in [6.07, 6.45) is 6.14. The molecule has 0 amide bonds. The monoisotopic (exact) mass is 225 g/mol. The fourth-order valence-electron chi connectivity index (χ4n) is 2.90. The van der Waals surface area contributed by atoms with Crippen molar-refractivity contribution in [2.24, 2.45) is 17.8 Å². The molecule has 1 N–H and O–H groups in total. The molecule has 0 aromatic heterocycles. The third-order valence-electron chi connectivity index (χ3n) is 3.99. The van der Waals surface area contributed by atoms with Crippen LogP contribution in [0.25, 0.3) is 0 Å². The molecule has 3 atom stereocenters. The van der Waals surface area contributed by atoms with Gasteiger partial charge in [-0.1, -0.05) is 40.0 Å². The van der Waals surface area contributed by atoms with E-state index in [-0.39, 0.29) is 5.92 Å². The zero-order chi connectivity index (χ0) is 12.0. The number of hydrogen-bond acceptors (Lipinski definition) is 2. The van der Waals surface area contributed by atoms with Crippen molar-refractivity contribution in [3.05, 3.63) is 0 Å². The van der Waals surface area contributed by atoms with E-state index < -0.39 is 0 Å². The molecule has 1 rings (SSSR count). The fraction of sp³-hybridized carbons (Fsp3) is 0.929. The molecule has 0 heterocycles. The van der Waals surface area contributed by atoms with Crippen molar-refractivity contribution in [3.8, 4) is 0 Å². The summed E-state index contributed by atoms with van der Waals surface area (Å²) >= 11 is 0. The van der Waals surface area contributed by atoms with Crippen LogP contribution in [0.4, 0.5) is 0 Å². The highest BCUT2D eigenvalue weighted by atomic mass is 16.1. The molecule has 0 radical (unpaired) electrons. The molecule has 94 valence electrons. The highest BCUT2D eigenvalue weighted by molar-refractivity contribution is 5.83. The second-order valence-corrected chi connectivity index (χ2v) is 5.17. The predicted molar refractivity (Wildman–Crippen MR) is 68.5 cm³/mol. The second-order valence-electron chi connectivity index (χ2n) is 5.17. The minimum atomic E-state index is 0.192. The van der Waals surface area contributed by atoms with Crippen LogP contribution in [0.3, 0.4) is 0 Å². The number of carbonyl (C=O) groups is 1. The molecule has 0 spiro atoms. The zero-order valence-corrected chi connectivity index (χ0v) is 11.1. The average Bonchev–Trinajstić information content (AvgIpc) is 2.34. The Morgan fingerprint density at radius 1 is 1.31 bits per heavy atom. The molecule has 2 heteroatoms. The summed E-state index contributed by atoms with van der Waals surface area (Å²) in [4.78, 5) is 12.3. The van der Waals surface area contributed by atoms with E-state index in [2.05, 4.69) is 26.1 Å². The van der Waals surface area contributed by atoms with E-state index in [0.29, 0.717) is 17.6 Å². The molecule has 0 aromatic carbocycles. The van der Waals surface area contributed by atoms with Crippen LogP contribution in [0.2, 0.25) is 0 Å². The molecule has 16 heavy (non-hydrogen) atoms. The van der Waals surface area contributed by atoms with Crippen LogP contribution in [0, 0.1) is 17.8 Å². The lowest BCUT2D eigenvalue weighted by molar-refractivity contribution is -0.129. The quantitative estimate of drug-likeness (QED) is 0.753. The maximum atomic E-state index is 12.3. The van der Waals surface area contributed by atoms with Crippen LogP contribution < -0.4 is 5.32 Å². The average molecular weight is 225 g/mol. The van der Waals surface area contributed by atoms with Gasteiger partial charge >= 0.3 is 0 Å². The van der Waals surface area contributed by atoms with Crippen LogP contribution >= 0.6 is 0 Å². The Hall–Kier alpha value is -0.370. The number of carbonyl (C=O) groups excluding carboxylic acids is 1. The van der Waals surface area contributed by atoms with Gasteiger partial charge in [-0.05, 0) is 25.3 Å². The van der Waals surface area contributed by atoms with Gasteiger partial charge in [-0.15, -0.1) is 0 Å². The summed E-state index contributed by atoms with van der Waals surface area (Å²) in [5.41, 5.74) is 0. The fourth-order valence-corrected chi connectivity index (χ4v) is 2.90. The SMILES string of the molecule is CCNCC(C)C(=O)C1CCCCC1CC. The van der Waals surface area contributed by atoms with Crippen molar-refractivity contribution >= 4 is 5.78 Å². The summed E-state index contributed by atoms with van der Waals surface area (Å²) in [6.45, 7) is 8.20. The van der Waals surface area contributed by atoms with E-state index in [0.717, 1.165) is 19.5 Å². The molecular weight excluding hydrogens is 198 g/mol. The van der Waals surface area contributed by atoms with Crippen molar-refractivity contribution in [1.29, 1.82) is 0 Å². The molecule has 1 saturated carbocycles. The maximum absolute atomic E-state index is 12.3. The van der Waals surface area contributed by atoms with E-state index in [4.69, 9.17) is 0 Å². The van der Waals surface area contributed by atoms with Crippen molar-refractivity contribution in [3.63, 3.8) is 0 Å². The summed E-state index contributed by atoms with van der Waals surface area (Å²) in [5.74, 6) is 1.71. The van der Waals surface area contributed by atoms with Gasteiger partial charge in [-0.25, -0.2) is 0 Å². The maximum Gasteiger partial charge on any atom is 0.140 e. The van der Waals surface area contributed by atoms with E-state index in [1.807, 2.05) is 0 Å². The number of Topliss-reactive ketones (excluding diaryl/α,β-unsaturated/α-hetero) is 1. The number of hydrogen-bond donors (Lipinski definition) is 1. The van der Waals surface area contributed by atoms with Crippen LogP contribution in [-0.2, 0) is 4.79 Å². The Morgan fingerprint density at radius 3 is 2.62 bits per heavy atom. The number of nitrogens with one attached hydrogen (secondary N) is 1. The van der Waals surface area contributed by atoms with Gasteiger partial charge in [0.1, 0.15) is 5.78 Å². The first-order valence-corrected chi connectivity index (χ1v) is 6.95. The van der Waals surface area contributed by atoms with Gasteiger partial charge < -0.3 is 5.32 Å². The predicted octanol–water partition coefficient (Wildman–Crippen LogP) is 3.02. The largest absolute Gasteiger partial charge is 0.316 e. The molecule has 1 fully saturated rings. The minimum Gasteiger partial charge on any atom is -0.316 e. The van der Waals surface area contributed by atoms with Crippen molar-refractivity contribution < 1.29 is 4.79 Å². The van der Waals surface area contributed by atoms with Crippen molar-refractivity contribution in [1.82, 2.24) is 5.32 Å². The van der Waals surface area contributed by atoms with E-state index in [1.165, 1.54) is 25.7 Å². The number of rotatable bonds is 6. The Morgan fingerprint density at radius 2 is 2.00 bits per heavy atom. The van der Waals surface area contributed by atoms with Gasteiger partial charge in [0, 0.05) is 18.4 Å². The molecule has 2 nitrogen and oxygen atoms in total. The smallest absolute Gasteiger partial charge is 0.140 e. The first-order valence-electron chi connectivity index (χ1n) is 6.95. The zero-order valence-electron chi connectivity index (χ0n) is 11.1. The lowest BCUT2D eigenvalue weighted by Crippen LogP contribution is -2.35. The molecule has 0 saturated heterocycles. The van der Waals surface area contributed by atoms with E-state index in [9.17, 15) is 4.79 Å². The molecule has 0 aliphatic heterocycles.